The monoisotopic (exact) mass is 311 g/mol. The number of sulfone groups is 1. The molecular formula is C14H21N3O3S. The molecule has 0 radical (unpaired) electrons. The quantitative estimate of drug-likeness (QED) is 0.891. The lowest BCUT2D eigenvalue weighted by Gasteiger charge is -2.25. The number of carbonyl (C=O) groups excluding carboxylic acids is 1. The Labute approximate surface area is 125 Å². The first kappa shape index (κ1) is 15.8. The van der Waals surface area contributed by atoms with Crippen LogP contribution in [0, 0.1) is 0 Å². The van der Waals surface area contributed by atoms with E-state index in [0.717, 1.165) is 5.69 Å². The van der Waals surface area contributed by atoms with Crippen molar-refractivity contribution in [1.29, 1.82) is 0 Å². The number of amides is 1. The maximum Gasteiger partial charge on any atom is 0.270 e. The lowest BCUT2D eigenvalue weighted by Crippen LogP contribution is -2.33. The van der Waals surface area contributed by atoms with Crippen LogP contribution >= 0.6 is 0 Å². The minimum Gasteiger partial charge on any atom is -0.370 e. The second kappa shape index (κ2) is 6.01. The minimum absolute atomic E-state index is 0.0423. The summed E-state index contributed by atoms with van der Waals surface area (Å²) in [6.45, 7) is 3.77. The number of nitrogens with one attached hydrogen (secondary N) is 1. The largest absolute Gasteiger partial charge is 0.370 e. The first-order valence-electron chi connectivity index (χ1n) is 6.98. The molecule has 1 aromatic rings. The average Bonchev–Trinajstić information content (AvgIpc) is 2.77. The van der Waals surface area contributed by atoms with Gasteiger partial charge in [-0.2, -0.15) is 0 Å². The lowest BCUT2D eigenvalue weighted by molar-refractivity contribution is 0.0938. The SMILES string of the molecule is CC(C)NC(=O)c1cc(N(C)C2CCS(=O)(=O)C2)ccn1. The van der Waals surface area contributed by atoms with Crippen molar-refractivity contribution in [3.63, 3.8) is 0 Å². The summed E-state index contributed by atoms with van der Waals surface area (Å²) < 4.78 is 23.1. The number of pyridine rings is 1. The van der Waals surface area contributed by atoms with Crippen LogP contribution in [0.25, 0.3) is 0 Å². The van der Waals surface area contributed by atoms with Gasteiger partial charge in [0.15, 0.2) is 9.84 Å². The number of aromatic nitrogens is 1. The third-order valence-corrected chi connectivity index (χ3v) is 5.31. The number of hydrogen-bond donors (Lipinski definition) is 1. The Kier molecular flexibility index (Phi) is 4.51. The fourth-order valence-electron chi connectivity index (χ4n) is 2.39. The predicted molar refractivity (Wildman–Crippen MR) is 82.3 cm³/mol. The molecule has 1 N–H and O–H groups in total. The number of nitrogens with zero attached hydrogens (tertiary/aromatic N) is 2. The highest BCUT2D eigenvalue weighted by Crippen LogP contribution is 2.23. The molecule has 1 unspecified atom stereocenters. The molecule has 116 valence electrons. The van der Waals surface area contributed by atoms with E-state index in [1.165, 1.54) is 0 Å². The standard InChI is InChI=1S/C14H21N3O3S/c1-10(2)16-14(18)13-8-11(4-6-15-13)17(3)12-5-7-21(19,20)9-12/h4,6,8,10,12H,5,7,9H2,1-3H3,(H,16,18). The summed E-state index contributed by atoms with van der Waals surface area (Å²) in [5.74, 6) is 0.173. The van der Waals surface area contributed by atoms with Crippen LogP contribution in [0.4, 0.5) is 5.69 Å². The van der Waals surface area contributed by atoms with Crippen molar-refractivity contribution < 1.29 is 13.2 Å². The van der Waals surface area contributed by atoms with Gasteiger partial charge in [-0.25, -0.2) is 8.42 Å². The fourth-order valence-corrected chi connectivity index (χ4v) is 4.17. The molecule has 6 nitrogen and oxygen atoms in total. The summed E-state index contributed by atoms with van der Waals surface area (Å²) in [6, 6.07) is 3.48. The summed E-state index contributed by atoms with van der Waals surface area (Å²) in [5, 5.41) is 2.79. The van der Waals surface area contributed by atoms with Gasteiger partial charge < -0.3 is 10.2 Å². The van der Waals surface area contributed by atoms with Crippen LogP contribution in [-0.4, -0.2) is 49.9 Å². The highest BCUT2D eigenvalue weighted by Gasteiger charge is 2.31. The minimum atomic E-state index is -2.93. The second-order valence-corrected chi connectivity index (χ2v) is 7.92. The molecule has 0 saturated carbocycles. The lowest BCUT2D eigenvalue weighted by atomic mass is 10.2. The van der Waals surface area contributed by atoms with Gasteiger partial charge in [0.25, 0.3) is 5.91 Å². The summed E-state index contributed by atoms with van der Waals surface area (Å²) >= 11 is 0. The molecule has 1 atom stereocenters. The predicted octanol–water partition coefficient (Wildman–Crippen LogP) is 0.843. The summed E-state index contributed by atoms with van der Waals surface area (Å²) in [5.41, 5.74) is 1.15. The van der Waals surface area contributed by atoms with Crippen LogP contribution in [0.1, 0.15) is 30.8 Å². The topological polar surface area (TPSA) is 79.4 Å². The van der Waals surface area contributed by atoms with E-state index in [1.807, 2.05) is 25.8 Å². The van der Waals surface area contributed by atoms with Crippen LogP contribution in [0.3, 0.4) is 0 Å². The molecule has 2 heterocycles. The zero-order valence-electron chi connectivity index (χ0n) is 12.5. The maximum atomic E-state index is 12.0. The molecule has 0 spiro atoms. The number of hydrogen-bond acceptors (Lipinski definition) is 5. The Morgan fingerprint density at radius 2 is 2.19 bits per heavy atom. The molecule has 0 aromatic carbocycles. The first-order chi connectivity index (χ1) is 9.78. The molecule has 0 bridgehead atoms. The van der Waals surface area contributed by atoms with Crippen molar-refractivity contribution >= 4 is 21.4 Å². The van der Waals surface area contributed by atoms with E-state index >= 15 is 0 Å². The van der Waals surface area contributed by atoms with E-state index in [-0.39, 0.29) is 29.5 Å². The molecule has 1 fully saturated rings. The van der Waals surface area contributed by atoms with Crippen molar-refractivity contribution in [2.24, 2.45) is 0 Å². The van der Waals surface area contributed by atoms with Gasteiger partial charge in [-0.15, -0.1) is 0 Å². The van der Waals surface area contributed by atoms with Crippen LogP contribution in [0.2, 0.25) is 0 Å². The Morgan fingerprint density at radius 1 is 1.48 bits per heavy atom. The fraction of sp³-hybridized carbons (Fsp3) is 0.571. The van der Waals surface area contributed by atoms with Crippen LogP contribution in [0.15, 0.2) is 18.3 Å². The van der Waals surface area contributed by atoms with Crippen molar-refractivity contribution in [3.05, 3.63) is 24.0 Å². The van der Waals surface area contributed by atoms with Gasteiger partial charge in [0.1, 0.15) is 5.69 Å². The molecule has 7 heteroatoms. The van der Waals surface area contributed by atoms with Gasteiger partial charge in [0, 0.05) is 31.0 Å². The highest BCUT2D eigenvalue weighted by atomic mass is 32.2. The maximum absolute atomic E-state index is 12.0. The number of anilines is 1. The van der Waals surface area contributed by atoms with Gasteiger partial charge >= 0.3 is 0 Å². The number of rotatable bonds is 4. The van der Waals surface area contributed by atoms with Gasteiger partial charge in [-0.05, 0) is 32.4 Å². The Morgan fingerprint density at radius 3 is 2.76 bits per heavy atom. The highest BCUT2D eigenvalue weighted by molar-refractivity contribution is 7.91. The summed E-state index contributed by atoms with van der Waals surface area (Å²) in [6.07, 6.45) is 2.19. The zero-order valence-corrected chi connectivity index (χ0v) is 13.4. The number of carbonyl (C=O) groups is 1. The summed E-state index contributed by atoms with van der Waals surface area (Å²) in [7, 11) is -1.08. The zero-order chi connectivity index (χ0) is 15.6. The van der Waals surface area contributed by atoms with Crippen LogP contribution in [-0.2, 0) is 9.84 Å². The van der Waals surface area contributed by atoms with Crippen LogP contribution < -0.4 is 10.2 Å². The summed E-state index contributed by atoms with van der Waals surface area (Å²) in [4.78, 5) is 18.0. The van der Waals surface area contributed by atoms with Crippen molar-refractivity contribution in [3.8, 4) is 0 Å². The molecule has 1 saturated heterocycles. The molecule has 1 aliphatic rings. The van der Waals surface area contributed by atoms with E-state index < -0.39 is 9.84 Å². The molecule has 21 heavy (non-hydrogen) atoms. The molecule has 0 aliphatic carbocycles. The Bertz CT molecular complexity index is 628. The Balaban J connectivity index is 2.15. The van der Waals surface area contributed by atoms with Crippen molar-refractivity contribution in [2.45, 2.75) is 32.4 Å². The van der Waals surface area contributed by atoms with Crippen molar-refractivity contribution in [2.75, 3.05) is 23.5 Å². The van der Waals surface area contributed by atoms with E-state index in [1.54, 1.807) is 18.3 Å². The van der Waals surface area contributed by atoms with E-state index in [9.17, 15) is 13.2 Å². The van der Waals surface area contributed by atoms with Gasteiger partial charge in [-0.3, -0.25) is 9.78 Å². The molecule has 2 rings (SSSR count). The van der Waals surface area contributed by atoms with Gasteiger partial charge in [0.05, 0.1) is 11.5 Å². The molecule has 1 aromatic heterocycles. The second-order valence-electron chi connectivity index (χ2n) is 5.70. The van der Waals surface area contributed by atoms with E-state index in [4.69, 9.17) is 0 Å². The molecule has 1 aliphatic heterocycles. The van der Waals surface area contributed by atoms with E-state index in [0.29, 0.717) is 12.1 Å². The smallest absolute Gasteiger partial charge is 0.270 e. The normalized spacial score (nSPS) is 20.5. The third kappa shape index (κ3) is 3.93. The molecule has 1 amide bonds. The first-order valence-corrected chi connectivity index (χ1v) is 8.81. The Hall–Kier alpha value is -1.63. The third-order valence-electron chi connectivity index (χ3n) is 3.56. The average molecular weight is 311 g/mol. The van der Waals surface area contributed by atoms with E-state index in [2.05, 4.69) is 10.3 Å². The van der Waals surface area contributed by atoms with Crippen molar-refractivity contribution in [1.82, 2.24) is 10.3 Å². The van der Waals surface area contributed by atoms with Gasteiger partial charge in [-0.1, -0.05) is 0 Å². The van der Waals surface area contributed by atoms with Crippen LogP contribution in [0.5, 0.6) is 0 Å². The molecular weight excluding hydrogens is 290 g/mol. The van der Waals surface area contributed by atoms with Gasteiger partial charge in [0.2, 0.25) is 0 Å².